The van der Waals surface area contributed by atoms with E-state index in [9.17, 15) is 4.79 Å². The highest BCUT2D eigenvalue weighted by Crippen LogP contribution is 2.28. The Morgan fingerprint density at radius 2 is 2.12 bits per heavy atom. The lowest BCUT2D eigenvalue weighted by Crippen LogP contribution is -2.12. The first-order chi connectivity index (χ1) is 8.08. The summed E-state index contributed by atoms with van der Waals surface area (Å²) in [7, 11) is 0. The monoisotopic (exact) mass is 250 g/mol. The van der Waals surface area contributed by atoms with Crippen molar-refractivity contribution in [3.63, 3.8) is 0 Å². The Kier molecular flexibility index (Phi) is 3.06. The molecule has 4 nitrogen and oxygen atoms in total. The number of anilines is 2. The molecule has 0 bridgehead atoms. The van der Waals surface area contributed by atoms with Crippen LogP contribution in [-0.2, 0) is 0 Å². The van der Waals surface area contributed by atoms with Gasteiger partial charge < -0.3 is 15.5 Å². The van der Waals surface area contributed by atoms with E-state index in [4.69, 9.17) is 21.8 Å². The van der Waals surface area contributed by atoms with Crippen LogP contribution in [0, 0.1) is 6.92 Å². The van der Waals surface area contributed by atoms with Crippen LogP contribution >= 0.6 is 11.6 Å². The summed E-state index contributed by atoms with van der Waals surface area (Å²) in [5.74, 6) is 0.516. The van der Waals surface area contributed by atoms with Crippen LogP contribution in [-0.4, -0.2) is 5.91 Å². The number of hydrogen-bond acceptors (Lipinski definition) is 3. The maximum absolute atomic E-state index is 11.8. The van der Waals surface area contributed by atoms with Gasteiger partial charge in [0.1, 0.15) is 5.76 Å². The lowest BCUT2D eigenvalue weighted by Gasteiger charge is -2.08. The molecule has 0 radical (unpaired) electrons. The van der Waals surface area contributed by atoms with Crippen LogP contribution in [0.25, 0.3) is 0 Å². The Hall–Kier alpha value is -1.94. The van der Waals surface area contributed by atoms with Crippen LogP contribution in [0.2, 0.25) is 5.02 Å². The number of nitrogen functional groups attached to an aromatic ring is 1. The second-order valence-corrected chi connectivity index (χ2v) is 3.98. The van der Waals surface area contributed by atoms with Crippen LogP contribution < -0.4 is 11.1 Å². The van der Waals surface area contributed by atoms with E-state index in [0.29, 0.717) is 22.2 Å². The lowest BCUT2D eigenvalue weighted by molar-refractivity contribution is 0.0995. The minimum absolute atomic E-state index is 0.224. The predicted octanol–water partition coefficient (Wildman–Crippen LogP) is 3.08. The van der Waals surface area contributed by atoms with Gasteiger partial charge in [-0.2, -0.15) is 0 Å². The molecule has 1 aromatic carbocycles. The van der Waals surface area contributed by atoms with Crippen molar-refractivity contribution in [3.05, 3.63) is 46.9 Å². The number of nitrogens with one attached hydrogen (secondary N) is 1. The van der Waals surface area contributed by atoms with Crippen LogP contribution in [0.4, 0.5) is 11.4 Å². The van der Waals surface area contributed by atoms with Gasteiger partial charge >= 0.3 is 0 Å². The maximum atomic E-state index is 11.8. The van der Waals surface area contributed by atoms with Gasteiger partial charge in [-0.15, -0.1) is 0 Å². The van der Waals surface area contributed by atoms with Gasteiger partial charge in [0, 0.05) is 0 Å². The smallest absolute Gasteiger partial charge is 0.291 e. The largest absolute Gasteiger partial charge is 0.456 e. The topological polar surface area (TPSA) is 68.3 Å². The van der Waals surface area contributed by atoms with Gasteiger partial charge in [0.15, 0.2) is 5.76 Å². The van der Waals surface area contributed by atoms with Crippen molar-refractivity contribution in [2.75, 3.05) is 11.1 Å². The minimum Gasteiger partial charge on any atom is -0.456 e. The third kappa shape index (κ3) is 2.42. The summed E-state index contributed by atoms with van der Waals surface area (Å²) < 4.78 is 5.20. The Bertz CT molecular complexity index is 543. The van der Waals surface area contributed by atoms with Gasteiger partial charge in [0.2, 0.25) is 0 Å². The number of furan rings is 1. The van der Waals surface area contributed by atoms with Gasteiger partial charge in [-0.05, 0) is 31.2 Å². The molecule has 2 aromatic rings. The van der Waals surface area contributed by atoms with Gasteiger partial charge in [-0.1, -0.05) is 17.7 Å². The molecule has 0 fully saturated rings. The molecule has 0 atom stereocenters. The molecule has 0 saturated heterocycles. The number of aryl methyl sites for hydroxylation is 1. The molecule has 88 valence electrons. The molecule has 0 unspecified atom stereocenters. The first-order valence-electron chi connectivity index (χ1n) is 4.99. The molecular weight excluding hydrogens is 240 g/mol. The van der Waals surface area contributed by atoms with E-state index in [0.717, 1.165) is 0 Å². The normalized spacial score (nSPS) is 10.2. The first kappa shape index (κ1) is 11.5. The number of rotatable bonds is 2. The highest BCUT2D eigenvalue weighted by molar-refractivity contribution is 6.34. The standard InChI is InChI=1S/C12H11ClN2O2/c1-7-5-6-10(17-7)12(16)15-11-8(13)3-2-4-9(11)14/h2-6H,14H2,1H3,(H,15,16). The third-order valence-corrected chi connectivity index (χ3v) is 2.56. The molecule has 1 amide bonds. The van der Waals surface area contributed by atoms with Crippen molar-refractivity contribution in [1.82, 2.24) is 0 Å². The summed E-state index contributed by atoms with van der Waals surface area (Å²) in [6, 6.07) is 8.34. The zero-order valence-corrected chi connectivity index (χ0v) is 9.91. The highest BCUT2D eigenvalue weighted by atomic mass is 35.5. The molecule has 0 aliphatic carbocycles. The maximum Gasteiger partial charge on any atom is 0.291 e. The van der Waals surface area contributed by atoms with E-state index in [-0.39, 0.29) is 11.7 Å². The summed E-state index contributed by atoms with van der Waals surface area (Å²) in [6.07, 6.45) is 0. The lowest BCUT2D eigenvalue weighted by atomic mass is 10.2. The number of carbonyl (C=O) groups is 1. The molecular formula is C12H11ClN2O2. The number of amides is 1. The number of nitrogens with two attached hydrogens (primary N) is 1. The second-order valence-electron chi connectivity index (χ2n) is 3.57. The summed E-state index contributed by atoms with van der Waals surface area (Å²) in [5.41, 5.74) is 6.53. The number of para-hydroxylation sites is 1. The fraction of sp³-hybridized carbons (Fsp3) is 0.0833. The van der Waals surface area contributed by atoms with Crippen LogP contribution in [0.5, 0.6) is 0 Å². The molecule has 1 aromatic heterocycles. The van der Waals surface area contributed by atoms with E-state index in [1.54, 1.807) is 37.3 Å². The van der Waals surface area contributed by atoms with Gasteiger partial charge in [-0.25, -0.2) is 0 Å². The number of carbonyl (C=O) groups excluding carboxylic acids is 1. The van der Waals surface area contributed by atoms with Crippen LogP contribution in [0.15, 0.2) is 34.7 Å². The van der Waals surface area contributed by atoms with E-state index in [1.165, 1.54) is 0 Å². The summed E-state index contributed by atoms with van der Waals surface area (Å²) in [5, 5.41) is 3.01. The number of hydrogen-bond donors (Lipinski definition) is 2. The molecule has 0 saturated carbocycles. The van der Waals surface area contributed by atoms with Crippen molar-refractivity contribution in [2.45, 2.75) is 6.92 Å². The average molecular weight is 251 g/mol. The highest BCUT2D eigenvalue weighted by Gasteiger charge is 2.13. The Morgan fingerprint density at radius 1 is 1.35 bits per heavy atom. The Labute approximate surface area is 103 Å². The van der Waals surface area contributed by atoms with Gasteiger partial charge in [0.25, 0.3) is 5.91 Å². The molecule has 0 spiro atoms. The Balaban J connectivity index is 2.24. The van der Waals surface area contributed by atoms with Crippen molar-refractivity contribution in [3.8, 4) is 0 Å². The van der Waals surface area contributed by atoms with Crippen molar-refractivity contribution < 1.29 is 9.21 Å². The summed E-state index contributed by atoms with van der Waals surface area (Å²) in [4.78, 5) is 11.8. The SMILES string of the molecule is Cc1ccc(C(=O)Nc2c(N)cccc2Cl)o1. The molecule has 5 heteroatoms. The van der Waals surface area contributed by atoms with Crippen molar-refractivity contribution in [2.24, 2.45) is 0 Å². The number of halogens is 1. The second kappa shape index (κ2) is 4.51. The minimum atomic E-state index is -0.377. The number of benzene rings is 1. The van der Waals surface area contributed by atoms with E-state index in [1.807, 2.05) is 0 Å². The van der Waals surface area contributed by atoms with Crippen molar-refractivity contribution >= 4 is 28.9 Å². The van der Waals surface area contributed by atoms with Crippen molar-refractivity contribution in [1.29, 1.82) is 0 Å². The fourth-order valence-electron chi connectivity index (χ4n) is 1.40. The molecule has 0 aliphatic rings. The van der Waals surface area contributed by atoms with E-state index >= 15 is 0 Å². The molecule has 0 aliphatic heterocycles. The summed E-state index contributed by atoms with van der Waals surface area (Å²) in [6.45, 7) is 1.76. The summed E-state index contributed by atoms with van der Waals surface area (Å²) >= 11 is 5.94. The fourth-order valence-corrected chi connectivity index (χ4v) is 1.63. The zero-order chi connectivity index (χ0) is 12.4. The molecule has 17 heavy (non-hydrogen) atoms. The predicted molar refractivity (Wildman–Crippen MR) is 67.3 cm³/mol. The average Bonchev–Trinajstić information content (AvgIpc) is 2.70. The van der Waals surface area contributed by atoms with Gasteiger partial charge in [0.05, 0.1) is 16.4 Å². The third-order valence-electron chi connectivity index (χ3n) is 2.25. The van der Waals surface area contributed by atoms with Gasteiger partial charge in [-0.3, -0.25) is 4.79 Å². The zero-order valence-electron chi connectivity index (χ0n) is 9.16. The molecule has 3 N–H and O–H groups in total. The van der Waals surface area contributed by atoms with E-state index in [2.05, 4.69) is 5.32 Å². The quantitative estimate of drug-likeness (QED) is 0.805. The molecule has 2 rings (SSSR count). The van der Waals surface area contributed by atoms with Crippen LogP contribution in [0.1, 0.15) is 16.3 Å². The first-order valence-corrected chi connectivity index (χ1v) is 5.37. The van der Waals surface area contributed by atoms with Crippen LogP contribution in [0.3, 0.4) is 0 Å². The molecule has 1 heterocycles. The Morgan fingerprint density at radius 3 is 2.71 bits per heavy atom. The van der Waals surface area contributed by atoms with E-state index < -0.39 is 0 Å².